The lowest BCUT2D eigenvalue weighted by molar-refractivity contribution is 0.742. The van der Waals surface area contributed by atoms with Gasteiger partial charge in [0, 0.05) is 37.6 Å². The standard InChI is InChI=1S/C28H42N4/c1-7-15-31(16-8-2)27-19-25(13-11-23(27)5)21-29-30-22-26-14-12-24(6)28(20-26)32(17-9-3)18-10-4/h11-14,19-22H,7-10,15-18H2,1-6H3. The van der Waals surface area contributed by atoms with Gasteiger partial charge in [0.05, 0.1) is 12.4 Å². The molecule has 0 aromatic heterocycles. The van der Waals surface area contributed by atoms with E-state index in [2.05, 4.69) is 97.9 Å². The van der Waals surface area contributed by atoms with Crippen LogP contribution in [0.3, 0.4) is 0 Å². The van der Waals surface area contributed by atoms with Gasteiger partial charge in [0.2, 0.25) is 0 Å². The first-order chi connectivity index (χ1) is 15.5. The molecule has 0 spiro atoms. The molecule has 32 heavy (non-hydrogen) atoms. The fourth-order valence-electron chi connectivity index (χ4n) is 4.08. The molecule has 4 nitrogen and oxygen atoms in total. The third kappa shape index (κ3) is 7.51. The summed E-state index contributed by atoms with van der Waals surface area (Å²) in [7, 11) is 0. The molecule has 2 rings (SSSR count). The normalized spacial score (nSPS) is 11.6. The molecular formula is C28H42N4. The summed E-state index contributed by atoms with van der Waals surface area (Å²) >= 11 is 0. The molecule has 0 atom stereocenters. The summed E-state index contributed by atoms with van der Waals surface area (Å²) in [5.41, 5.74) is 7.39. The molecule has 0 fully saturated rings. The van der Waals surface area contributed by atoms with E-state index >= 15 is 0 Å². The van der Waals surface area contributed by atoms with Gasteiger partial charge in [-0.1, -0.05) is 52.0 Å². The Labute approximate surface area is 196 Å². The average Bonchev–Trinajstić information content (AvgIpc) is 2.78. The lowest BCUT2D eigenvalue weighted by Gasteiger charge is -2.26. The van der Waals surface area contributed by atoms with Crippen LogP contribution >= 0.6 is 0 Å². The van der Waals surface area contributed by atoms with E-state index in [1.165, 1.54) is 22.5 Å². The molecule has 0 aliphatic rings. The maximum atomic E-state index is 4.34. The number of hydrogen-bond donors (Lipinski definition) is 0. The Kier molecular flexibility index (Phi) is 11.0. The average molecular weight is 435 g/mol. The molecule has 0 bridgehead atoms. The minimum absolute atomic E-state index is 1.08. The van der Waals surface area contributed by atoms with Gasteiger partial charge in [-0.3, -0.25) is 0 Å². The van der Waals surface area contributed by atoms with Crippen molar-refractivity contribution >= 4 is 23.8 Å². The van der Waals surface area contributed by atoms with Crippen molar-refractivity contribution < 1.29 is 0 Å². The van der Waals surface area contributed by atoms with Crippen molar-refractivity contribution in [2.75, 3.05) is 36.0 Å². The second-order valence-corrected chi connectivity index (χ2v) is 8.56. The highest BCUT2D eigenvalue weighted by atomic mass is 15.2. The molecule has 0 amide bonds. The van der Waals surface area contributed by atoms with Crippen molar-refractivity contribution in [1.29, 1.82) is 0 Å². The molecule has 4 heteroatoms. The van der Waals surface area contributed by atoms with Gasteiger partial charge in [-0.25, -0.2) is 0 Å². The van der Waals surface area contributed by atoms with Gasteiger partial charge in [-0.2, -0.15) is 10.2 Å². The molecule has 2 aromatic rings. The third-order valence-corrected chi connectivity index (χ3v) is 5.60. The van der Waals surface area contributed by atoms with Crippen molar-refractivity contribution in [2.45, 2.75) is 67.2 Å². The van der Waals surface area contributed by atoms with Crippen LogP contribution in [-0.4, -0.2) is 38.6 Å². The van der Waals surface area contributed by atoms with E-state index in [1.54, 1.807) is 0 Å². The predicted molar refractivity (Wildman–Crippen MR) is 143 cm³/mol. The van der Waals surface area contributed by atoms with Crippen molar-refractivity contribution in [3.05, 3.63) is 58.7 Å². The van der Waals surface area contributed by atoms with E-state index < -0.39 is 0 Å². The summed E-state index contributed by atoms with van der Waals surface area (Å²) in [5, 5.41) is 8.68. The van der Waals surface area contributed by atoms with Crippen LogP contribution in [0.4, 0.5) is 11.4 Å². The molecule has 0 aliphatic carbocycles. The highest BCUT2D eigenvalue weighted by Gasteiger charge is 2.09. The first kappa shape index (κ1) is 25.6. The Morgan fingerprint density at radius 1 is 0.594 bits per heavy atom. The highest BCUT2D eigenvalue weighted by molar-refractivity contribution is 5.85. The Balaban J connectivity index is 2.16. The van der Waals surface area contributed by atoms with Crippen LogP contribution in [0.25, 0.3) is 0 Å². The minimum atomic E-state index is 1.08. The summed E-state index contributed by atoms with van der Waals surface area (Å²) in [6.07, 6.45) is 8.29. The number of anilines is 2. The lowest BCUT2D eigenvalue weighted by atomic mass is 10.1. The summed E-state index contributed by atoms with van der Waals surface area (Å²) in [4.78, 5) is 4.95. The van der Waals surface area contributed by atoms with Gasteiger partial charge < -0.3 is 9.80 Å². The molecular weight excluding hydrogens is 392 g/mol. The maximum absolute atomic E-state index is 4.34. The van der Waals surface area contributed by atoms with Crippen molar-refractivity contribution in [3.8, 4) is 0 Å². The highest BCUT2D eigenvalue weighted by Crippen LogP contribution is 2.23. The molecule has 0 saturated heterocycles. The van der Waals surface area contributed by atoms with Crippen LogP contribution in [0.5, 0.6) is 0 Å². The van der Waals surface area contributed by atoms with Crippen LogP contribution in [0.15, 0.2) is 46.6 Å². The number of rotatable bonds is 13. The Morgan fingerprint density at radius 2 is 0.938 bits per heavy atom. The van der Waals surface area contributed by atoms with E-state index in [0.717, 1.165) is 63.0 Å². The summed E-state index contributed by atoms with van der Waals surface area (Å²) in [5.74, 6) is 0. The lowest BCUT2D eigenvalue weighted by Crippen LogP contribution is -2.25. The molecule has 2 aromatic carbocycles. The Hall–Kier alpha value is -2.62. The summed E-state index contributed by atoms with van der Waals surface area (Å²) in [6, 6.07) is 13.1. The predicted octanol–water partition coefficient (Wildman–Crippen LogP) is 7.01. The van der Waals surface area contributed by atoms with Gasteiger partial charge in [0.15, 0.2) is 0 Å². The van der Waals surface area contributed by atoms with Crippen LogP contribution < -0.4 is 9.80 Å². The number of benzene rings is 2. The van der Waals surface area contributed by atoms with Gasteiger partial charge >= 0.3 is 0 Å². The van der Waals surface area contributed by atoms with Crippen LogP contribution in [0.1, 0.15) is 75.6 Å². The quantitative estimate of drug-likeness (QED) is 0.251. The molecule has 0 N–H and O–H groups in total. The zero-order valence-corrected chi connectivity index (χ0v) is 21.1. The maximum Gasteiger partial charge on any atom is 0.0568 e. The smallest absolute Gasteiger partial charge is 0.0568 e. The van der Waals surface area contributed by atoms with Crippen molar-refractivity contribution in [1.82, 2.24) is 0 Å². The first-order valence-electron chi connectivity index (χ1n) is 12.3. The molecule has 0 aliphatic heterocycles. The van der Waals surface area contributed by atoms with E-state index in [1.807, 2.05) is 12.4 Å². The SMILES string of the molecule is CCCN(CCC)c1cc(C=NN=Cc2ccc(C)c(N(CCC)CCC)c2)ccc1C. The van der Waals surface area contributed by atoms with Gasteiger partial charge in [-0.15, -0.1) is 0 Å². The Bertz CT molecular complexity index is 799. The molecule has 0 radical (unpaired) electrons. The summed E-state index contributed by atoms with van der Waals surface area (Å²) in [6.45, 7) is 17.6. The number of aryl methyl sites for hydroxylation is 2. The van der Waals surface area contributed by atoms with Crippen LogP contribution in [-0.2, 0) is 0 Å². The fraction of sp³-hybridized carbons (Fsp3) is 0.500. The first-order valence-corrected chi connectivity index (χ1v) is 12.3. The zero-order valence-electron chi connectivity index (χ0n) is 21.1. The largest absolute Gasteiger partial charge is 0.371 e. The minimum Gasteiger partial charge on any atom is -0.371 e. The van der Waals surface area contributed by atoms with Crippen LogP contribution in [0, 0.1) is 13.8 Å². The van der Waals surface area contributed by atoms with Crippen LogP contribution in [0.2, 0.25) is 0 Å². The van der Waals surface area contributed by atoms with Crippen molar-refractivity contribution in [3.63, 3.8) is 0 Å². The van der Waals surface area contributed by atoms with E-state index in [9.17, 15) is 0 Å². The fourth-order valence-corrected chi connectivity index (χ4v) is 4.08. The topological polar surface area (TPSA) is 31.2 Å². The second-order valence-electron chi connectivity index (χ2n) is 8.56. The van der Waals surface area contributed by atoms with Crippen molar-refractivity contribution in [2.24, 2.45) is 10.2 Å². The molecule has 174 valence electrons. The second kappa shape index (κ2) is 13.7. The molecule has 0 saturated carbocycles. The van der Waals surface area contributed by atoms with E-state index in [-0.39, 0.29) is 0 Å². The monoisotopic (exact) mass is 434 g/mol. The van der Waals surface area contributed by atoms with E-state index in [4.69, 9.17) is 0 Å². The zero-order chi connectivity index (χ0) is 23.3. The van der Waals surface area contributed by atoms with E-state index in [0.29, 0.717) is 0 Å². The summed E-state index contributed by atoms with van der Waals surface area (Å²) < 4.78 is 0. The molecule has 0 heterocycles. The number of nitrogens with zero attached hydrogens (tertiary/aromatic N) is 4. The van der Waals surface area contributed by atoms with Gasteiger partial charge in [0.25, 0.3) is 0 Å². The Morgan fingerprint density at radius 3 is 1.25 bits per heavy atom. The molecule has 0 unspecified atom stereocenters. The van der Waals surface area contributed by atoms with Gasteiger partial charge in [0.1, 0.15) is 0 Å². The van der Waals surface area contributed by atoms with Gasteiger partial charge in [-0.05, 0) is 73.9 Å². The number of hydrogen-bond acceptors (Lipinski definition) is 4. The third-order valence-electron chi connectivity index (χ3n) is 5.60.